The van der Waals surface area contributed by atoms with E-state index in [9.17, 15) is 9.59 Å². The molecule has 5 nitrogen and oxygen atoms in total. The molecule has 1 aromatic heterocycles. The highest BCUT2D eigenvalue weighted by Crippen LogP contribution is 2.28. The van der Waals surface area contributed by atoms with Crippen LogP contribution in [-0.2, 0) is 0 Å². The Kier molecular flexibility index (Phi) is 2.95. The van der Waals surface area contributed by atoms with Crippen LogP contribution in [0.5, 0.6) is 0 Å². The van der Waals surface area contributed by atoms with Crippen LogP contribution < -0.4 is 17.0 Å². The van der Waals surface area contributed by atoms with Crippen molar-refractivity contribution in [3.8, 4) is 5.69 Å². The van der Waals surface area contributed by atoms with Crippen molar-refractivity contribution in [1.29, 1.82) is 0 Å². The quantitative estimate of drug-likeness (QED) is 0.823. The monoisotopic (exact) mass is 271 g/mol. The Morgan fingerprint density at radius 2 is 1.94 bits per heavy atom. The van der Waals surface area contributed by atoms with Gasteiger partial charge in [0.05, 0.1) is 15.7 Å². The Labute approximate surface area is 105 Å². The summed E-state index contributed by atoms with van der Waals surface area (Å²) in [7, 11) is 0. The van der Waals surface area contributed by atoms with Gasteiger partial charge in [0.15, 0.2) is 0 Å². The first-order valence-corrected chi connectivity index (χ1v) is 5.32. The lowest BCUT2D eigenvalue weighted by Gasteiger charge is -2.10. The minimum Gasteiger partial charge on any atom is -0.385 e. The molecule has 0 aliphatic heterocycles. The number of rotatable bonds is 1. The van der Waals surface area contributed by atoms with Crippen LogP contribution in [0.1, 0.15) is 0 Å². The van der Waals surface area contributed by atoms with Gasteiger partial charge >= 0.3 is 5.69 Å². The predicted octanol–water partition coefficient (Wildman–Crippen LogP) is 1.41. The van der Waals surface area contributed by atoms with Gasteiger partial charge in [0.2, 0.25) is 0 Å². The van der Waals surface area contributed by atoms with Crippen molar-refractivity contribution in [3.63, 3.8) is 0 Å². The molecule has 0 saturated heterocycles. The maximum absolute atomic E-state index is 11.7. The minimum absolute atomic E-state index is 0.0112. The normalized spacial score (nSPS) is 10.5. The molecule has 2 rings (SSSR count). The third-order valence-corrected chi connectivity index (χ3v) is 2.95. The van der Waals surface area contributed by atoms with Gasteiger partial charge in [-0.3, -0.25) is 9.78 Å². The molecule has 0 fully saturated rings. The van der Waals surface area contributed by atoms with E-state index in [4.69, 9.17) is 28.9 Å². The maximum Gasteiger partial charge on any atom is 0.334 e. The molecule has 0 spiro atoms. The number of nitrogens with zero attached hydrogens (tertiary/aromatic N) is 1. The average Bonchev–Trinajstić information content (AvgIpc) is 2.23. The van der Waals surface area contributed by atoms with Gasteiger partial charge in [-0.25, -0.2) is 9.36 Å². The van der Waals surface area contributed by atoms with E-state index < -0.39 is 11.2 Å². The highest BCUT2D eigenvalue weighted by Gasteiger charge is 2.11. The van der Waals surface area contributed by atoms with E-state index in [0.717, 1.165) is 10.6 Å². The summed E-state index contributed by atoms with van der Waals surface area (Å²) in [6.45, 7) is 0. The minimum atomic E-state index is -0.667. The van der Waals surface area contributed by atoms with Crippen LogP contribution >= 0.6 is 23.2 Å². The van der Waals surface area contributed by atoms with Crippen molar-refractivity contribution < 1.29 is 0 Å². The van der Waals surface area contributed by atoms with Crippen LogP contribution in [0.2, 0.25) is 10.0 Å². The summed E-state index contributed by atoms with van der Waals surface area (Å²) >= 11 is 11.8. The lowest BCUT2D eigenvalue weighted by atomic mass is 10.3. The van der Waals surface area contributed by atoms with Gasteiger partial charge < -0.3 is 5.73 Å². The van der Waals surface area contributed by atoms with Crippen LogP contribution in [0.4, 0.5) is 5.82 Å². The van der Waals surface area contributed by atoms with Crippen molar-refractivity contribution in [2.45, 2.75) is 0 Å². The fraction of sp³-hybridized carbons (Fsp3) is 0. The molecule has 88 valence electrons. The summed E-state index contributed by atoms with van der Waals surface area (Å²) in [4.78, 5) is 24.8. The molecule has 1 aromatic carbocycles. The van der Waals surface area contributed by atoms with Crippen LogP contribution in [0.3, 0.4) is 0 Å². The Hall–Kier alpha value is -1.72. The van der Waals surface area contributed by atoms with Gasteiger partial charge in [0.25, 0.3) is 5.56 Å². The molecule has 0 amide bonds. The molecule has 0 saturated carbocycles. The second-order valence-corrected chi connectivity index (χ2v) is 4.06. The fourth-order valence-corrected chi connectivity index (χ4v) is 1.81. The molecule has 7 heteroatoms. The highest BCUT2D eigenvalue weighted by molar-refractivity contribution is 6.43. The predicted molar refractivity (Wildman–Crippen MR) is 67.1 cm³/mol. The van der Waals surface area contributed by atoms with E-state index in [2.05, 4.69) is 4.98 Å². The maximum atomic E-state index is 11.7. The fourth-order valence-electron chi connectivity index (χ4n) is 1.43. The van der Waals surface area contributed by atoms with E-state index >= 15 is 0 Å². The van der Waals surface area contributed by atoms with Gasteiger partial charge in [-0.15, -0.1) is 0 Å². The molecule has 0 atom stereocenters. The zero-order chi connectivity index (χ0) is 12.6. The number of anilines is 1. The average molecular weight is 272 g/mol. The van der Waals surface area contributed by atoms with Crippen molar-refractivity contribution in [2.75, 3.05) is 5.73 Å². The van der Waals surface area contributed by atoms with Gasteiger partial charge in [-0.05, 0) is 12.1 Å². The largest absolute Gasteiger partial charge is 0.385 e. The molecule has 0 aliphatic carbocycles. The summed E-state index contributed by atoms with van der Waals surface area (Å²) in [5.74, 6) is -0.0112. The lowest BCUT2D eigenvalue weighted by Crippen LogP contribution is -2.30. The Balaban J connectivity index is 2.82. The molecule has 1 heterocycles. The SMILES string of the molecule is Nc1cc(=O)[nH]c(=O)n1-c1cccc(Cl)c1Cl. The molecule has 0 unspecified atom stereocenters. The van der Waals surface area contributed by atoms with E-state index in [1.165, 1.54) is 0 Å². The summed E-state index contributed by atoms with van der Waals surface area (Å²) < 4.78 is 1.08. The van der Waals surface area contributed by atoms with Gasteiger partial charge in [0, 0.05) is 6.07 Å². The summed E-state index contributed by atoms with van der Waals surface area (Å²) in [6, 6.07) is 5.88. The second kappa shape index (κ2) is 4.27. The number of nitrogens with two attached hydrogens (primary N) is 1. The Morgan fingerprint density at radius 3 is 2.59 bits per heavy atom. The van der Waals surface area contributed by atoms with Crippen LogP contribution in [0.25, 0.3) is 5.69 Å². The molecular formula is C10H7Cl2N3O2. The summed E-state index contributed by atoms with van der Waals surface area (Å²) in [5, 5.41) is 0.483. The molecule has 0 aliphatic rings. The Morgan fingerprint density at radius 1 is 1.24 bits per heavy atom. The third kappa shape index (κ3) is 2.07. The first kappa shape index (κ1) is 11.8. The number of nitrogens with one attached hydrogen (secondary N) is 1. The number of aromatic amines is 1. The first-order chi connectivity index (χ1) is 8.00. The van der Waals surface area contributed by atoms with E-state index in [0.29, 0.717) is 10.7 Å². The van der Waals surface area contributed by atoms with Crippen molar-refractivity contribution in [1.82, 2.24) is 9.55 Å². The number of aromatic nitrogens is 2. The molecule has 3 N–H and O–H groups in total. The summed E-state index contributed by atoms with van der Waals surface area (Å²) in [5.41, 5.74) is 4.70. The molecular weight excluding hydrogens is 265 g/mol. The molecule has 17 heavy (non-hydrogen) atoms. The first-order valence-electron chi connectivity index (χ1n) is 4.57. The van der Waals surface area contributed by atoms with Gasteiger partial charge in [-0.1, -0.05) is 29.3 Å². The van der Waals surface area contributed by atoms with Gasteiger partial charge in [-0.2, -0.15) is 0 Å². The van der Waals surface area contributed by atoms with Gasteiger partial charge in [0.1, 0.15) is 5.82 Å². The number of hydrogen-bond acceptors (Lipinski definition) is 3. The number of benzene rings is 1. The molecule has 2 aromatic rings. The zero-order valence-corrected chi connectivity index (χ0v) is 9.92. The molecule has 0 bridgehead atoms. The third-order valence-electron chi connectivity index (χ3n) is 2.14. The topological polar surface area (TPSA) is 80.9 Å². The smallest absolute Gasteiger partial charge is 0.334 e. The lowest BCUT2D eigenvalue weighted by molar-refractivity contribution is 0.909. The van der Waals surface area contributed by atoms with E-state index in [-0.39, 0.29) is 10.8 Å². The number of nitrogen functional groups attached to an aromatic ring is 1. The van der Waals surface area contributed by atoms with E-state index in [1.54, 1.807) is 18.2 Å². The summed E-state index contributed by atoms with van der Waals surface area (Å²) in [6.07, 6.45) is 0. The molecule has 0 radical (unpaired) electrons. The zero-order valence-electron chi connectivity index (χ0n) is 8.41. The highest BCUT2D eigenvalue weighted by atomic mass is 35.5. The van der Waals surface area contributed by atoms with Crippen molar-refractivity contribution in [2.24, 2.45) is 0 Å². The van der Waals surface area contributed by atoms with E-state index in [1.807, 2.05) is 0 Å². The van der Waals surface area contributed by atoms with Crippen molar-refractivity contribution in [3.05, 3.63) is 55.1 Å². The Bertz CT molecular complexity index is 691. The number of H-pyrrole nitrogens is 1. The van der Waals surface area contributed by atoms with Crippen LogP contribution in [0, 0.1) is 0 Å². The second-order valence-electron chi connectivity index (χ2n) is 3.27. The number of hydrogen-bond donors (Lipinski definition) is 2. The number of halogens is 2. The van der Waals surface area contributed by atoms with Crippen LogP contribution in [0.15, 0.2) is 33.9 Å². The van der Waals surface area contributed by atoms with Crippen LogP contribution in [-0.4, -0.2) is 9.55 Å². The standard InChI is InChI=1S/C10H7Cl2N3O2/c11-5-2-1-3-6(9(5)12)15-7(13)4-8(16)14-10(15)17/h1-4H,13H2,(H,14,16,17). The van der Waals surface area contributed by atoms with Crippen molar-refractivity contribution >= 4 is 29.0 Å².